The summed E-state index contributed by atoms with van der Waals surface area (Å²) in [6.07, 6.45) is 4.24. The van der Waals surface area contributed by atoms with E-state index in [1.807, 2.05) is 36.1 Å². The van der Waals surface area contributed by atoms with E-state index in [9.17, 15) is 4.79 Å². The number of amides is 1. The molecule has 4 aromatic rings. The molecule has 4 heterocycles. The molecule has 2 aliphatic heterocycles. The fraction of sp³-hybridized carbons (Fsp3) is 0.379. The number of carbonyl (C=O) groups excluding carboxylic acids is 1. The molecule has 0 saturated carbocycles. The number of piperazine rings is 1. The topological polar surface area (TPSA) is 93.7 Å². The highest BCUT2D eigenvalue weighted by molar-refractivity contribution is 5.95. The molecular weight excluding hydrogens is 492 g/mol. The standard InChI is InChI=1S/C29H34N8O2/c1-5-25(38)35-13-15-36(16-14-35)28-21-7-6-8-24(39-27-19(2)9-10-23-22(27)17-30-33-23)26(21)31-29(32-28)37-12-11-20(18-37)34(3)4/h5-10,17,20H,1,11-16,18H2,2-4H3,(H,30,33)/t20-/m1/s1. The molecule has 1 amide bonds. The van der Waals surface area contributed by atoms with Gasteiger partial charge in [-0.25, -0.2) is 4.98 Å². The average molecular weight is 527 g/mol. The summed E-state index contributed by atoms with van der Waals surface area (Å²) in [6.45, 7) is 10.1. The highest BCUT2D eigenvalue weighted by atomic mass is 16.5. The van der Waals surface area contributed by atoms with Gasteiger partial charge in [0.05, 0.1) is 17.1 Å². The molecule has 0 unspecified atom stereocenters. The lowest BCUT2D eigenvalue weighted by Crippen LogP contribution is -2.48. The highest BCUT2D eigenvalue weighted by Gasteiger charge is 2.29. The second-order valence-electron chi connectivity index (χ2n) is 10.5. The molecule has 0 bridgehead atoms. The lowest BCUT2D eigenvalue weighted by molar-refractivity contribution is -0.126. The van der Waals surface area contributed by atoms with Crippen LogP contribution in [0.5, 0.6) is 11.5 Å². The largest absolute Gasteiger partial charge is 0.454 e. The van der Waals surface area contributed by atoms with Crippen molar-refractivity contribution in [2.24, 2.45) is 0 Å². The third-order valence-electron chi connectivity index (χ3n) is 7.88. The molecule has 1 N–H and O–H groups in total. The first-order valence-corrected chi connectivity index (χ1v) is 13.4. The van der Waals surface area contributed by atoms with Crippen LogP contribution in [0.2, 0.25) is 0 Å². The first-order chi connectivity index (χ1) is 18.9. The lowest BCUT2D eigenvalue weighted by Gasteiger charge is -2.35. The number of hydrogen-bond acceptors (Lipinski definition) is 8. The van der Waals surface area contributed by atoms with Gasteiger partial charge in [0.1, 0.15) is 17.1 Å². The van der Waals surface area contributed by atoms with Crippen LogP contribution in [-0.2, 0) is 4.79 Å². The summed E-state index contributed by atoms with van der Waals surface area (Å²) in [6, 6.07) is 10.5. The van der Waals surface area contributed by atoms with Crippen molar-refractivity contribution >= 4 is 39.5 Å². The summed E-state index contributed by atoms with van der Waals surface area (Å²) in [4.78, 5) is 31.0. The van der Waals surface area contributed by atoms with Gasteiger partial charge in [-0.1, -0.05) is 18.7 Å². The zero-order valence-electron chi connectivity index (χ0n) is 22.7. The molecule has 0 spiro atoms. The highest BCUT2D eigenvalue weighted by Crippen LogP contribution is 2.38. The van der Waals surface area contributed by atoms with Crippen molar-refractivity contribution in [1.29, 1.82) is 0 Å². The predicted molar refractivity (Wildman–Crippen MR) is 154 cm³/mol. The molecule has 1 atom stereocenters. The molecule has 0 radical (unpaired) electrons. The molecule has 2 fully saturated rings. The van der Waals surface area contributed by atoms with E-state index < -0.39 is 0 Å². The molecule has 10 heteroatoms. The SMILES string of the molecule is C=CC(=O)N1CCN(c2nc(N3CC[C@@H](N(C)C)C3)nc3c(Oc4c(C)ccc5[nH]ncc45)cccc23)CC1. The van der Waals surface area contributed by atoms with E-state index >= 15 is 0 Å². The van der Waals surface area contributed by atoms with Gasteiger partial charge in [-0.15, -0.1) is 0 Å². The Balaban J connectivity index is 1.43. The molecule has 10 nitrogen and oxygen atoms in total. The number of nitrogens with zero attached hydrogens (tertiary/aromatic N) is 7. The Morgan fingerprint density at radius 2 is 1.90 bits per heavy atom. The van der Waals surface area contributed by atoms with Gasteiger partial charge in [-0.05, 0) is 57.3 Å². The van der Waals surface area contributed by atoms with E-state index in [0.717, 1.165) is 58.4 Å². The summed E-state index contributed by atoms with van der Waals surface area (Å²) in [5, 5.41) is 9.10. The zero-order valence-corrected chi connectivity index (χ0v) is 22.7. The van der Waals surface area contributed by atoms with Crippen LogP contribution in [0.4, 0.5) is 11.8 Å². The number of benzene rings is 2. The minimum atomic E-state index is -0.0332. The fourth-order valence-electron chi connectivity index (χ4n) is 5.52. The summed E-state index contributed by atoms with van der Waals surface area (Å²) >= 11 is 0. The number of para-hydroxylation sites is 1. The van der Waals surface area contributed by atoms with Gasteiger partial charge in [0.15, 0.2) is 5.75 Å². The van der Waals surface area contributed by atoms with Crippen LogP contribution in [0.3, 0.4) is 0 Å². The Morgan fingerprint density at radius 3 is 2.64 bits per heavy atom. The van der Waals surface area contributed by atoms with E-state index in [1.165, 1.54) is 6.08 Å². The number of H-pyrrole nitrogens is 1. The molecular formula is C29H34N8O2. The van der Waals surface area contributed by atoms with Crippen molar-refractivity contribution in [2.75, 3.05) is 63.2 Å². The van der Waals surface area contributed by atoms with E-state index in [0.29, 0.717) is 43.9 Å². The van der Waals surface area contributed by atoms with Crippen LogP contribution in [0.1, 0.15) is 12.0 Å². The van der Waals surface area contributed by atoms with Crippen LogP contribution in [0.15, 0.2) is 49.2 Å². The van der Waals surface area contributed by atoms with Gasteiger partial charge >= 0.3 is 0 Å². The maximum absolute atomic E-state index is 12.2. The number of likely N-dealkylation sites (N-methyl/N-ethyl adjacent to an activating group) is 1. The van der Waals surface area contributed by atoms with Gasteiger partial charge in [-0.2, -0.15) is 10.1 Å². The van der Waals surface area contributed by atoms with Gasteiger partial charge in [0.2, 0.25) is 11.9 Å². The van der Waals surface area contributed by atoms with E-state index in [1.54, 1.807) is 6.20 Å². The molecule has 202 valence electrons. The van der Waals surface area contributed by atoms with Crippen LogP contribution < -0.4 is 14.5 Å². The van der Waals surface area contributed by atoms with E-state index in [2.05, 4.69) is 51.6 Å². The average Bonchev–Trinajstić information content (AvgIpc) is 3.64. The summed E-state index contributed by atoms with van der Waals surface area (Å²) in [5.74, 6) is 2.99. The van der Waals surface area contributed by atoms with Crippen LogP contribution >= 0.6 is 0 Å². The maximum atomic E-state index is 12.2. The van der Waals surface area contributed by atoms with Crippen molar-refractivity contribution in [1.82, 2.24) is 30.0 Å². The van der Waals surface area contributed by atoms with Gasteiger partial charge in [-0.3, -0.25) is 9.89 Å². The number of nitrogens with one attached hydrogen (secondary N) is 1. The van der Waals surface area contributed by atoms with Crippen molar-refractivity contribution in [3.8, 4) is 11.5 Å². The van der Waals surface area contributed by atoms with E-state index in [-0.39, 0.29) is 5.91 Å². The Morgan fingerprint density at radius 1 is 1.08 bits per heavy atom. The first-order valence-electron chi connectivity index (χ1n) is 13.4. The number of carbonyl (C=O) groups is 1. The summed E-state index contributed by atoms with van der Waals surface area (Å²) < 4.78 is 6.62. The molecule has 2 aliphatic rings. The Hall–Kier alpha value is -4.18. The lowest BCUT2D eigenvalue weighted by atomic mass is 10.1. The smallest absolute Gasteiger partial charge is 0.246 e. The second-order valence-corrected chi connectivity index (χ2v) is 10.5. The molecule has 2 saturated heterocycles. The van der Waals surface area contributed by atoms with Crippen LogP contribution in [0, 0.1) is 6.92 Å². The third kappa shape index (κ3) is 4.65. The number of aromatic amines is 1. The predicted octanol–water partition coefficient (Wildman–Crippen LogP) is 3.58. The molecule has 0 aliphatic carbocycles. The minimum Gasteiger partial charge on any atom is -0.454 e. The van der Waals surface area contributed by atoms with Crippen molar-refractivity contribution < 1.29 is 9.53 Å². The third-order valence-corrected chi connectivity index (χ3v) is 7.88. The van der Waals surface area contributed by atoms with E-state index in [4.69, 9.17) is 14.7 Å². The Bertz CT molecular complexity index is 1540. The van der Waals surface area contributed by atoms with Gasteiger partial charge < -0.3 is 24.3 Å². The quantitative estimate of drug-likeness (QED) is 0.381. The number of aromatic nitrogens is 4. The van der Waals surface area contributed by atoms with Gasteiger partial charge in [0.25, 0.3) is 0 Å². The van der Waals surface area contributed by atoms with Crippen molar-refractivity contribution in [3.63, 3.8) is 0 Å². The minimum absolute atomic E-state index is 0.0332. The number of fused-ring (bicyclic) bond motifs is 2. The van der Waals surface area contributed by atoms with Gasteiger partial charge in [0, 0.05) is 50.7 Å². The summed E-state index contributed by atoms with van der Waals surface area (Å²) in [7, 11) is 4.24. The number of anilines is 2. The monoisotopic (exact) mass is 526 g/mol. The Labute approximate surface area is 227 Å². The normalized spacial score (nSPS) is 17.9. The number of hydrogen-bond donors (Lipinski definition) is 1. The summed E-state index contributed by atoms with van der Waals surface area (Å²) in [5.41, 5.74) is 2.72. The van der Waals surface area contributed by atoms with Crippen LogP contribution in [0.25, 0.3) is 21.8 Å². The number of aryl methyl sites for hydroxylation is 1. The maximum Gasteiger partial charge on any atom is 0.246 e. The molecule has 2 aromatic heterocycles. The first kappa shape index (κ1) is 25.1. The molecule has 6 rings (SSSR count). The second kappa shape index (κ2) is 10.2. The molecule has 39 heavy (non-hydrogen) atoms. The van der Waals surface area contributed by atoms with Crippen molar-refractivity contribution in [3.05, 3.63) is 54.7 Å². The number of rotatable bonds is 6. The van der Waals surface area contributed by atoms with Crippen LogP contribution in [-0.4, -0.2) is 95.3 Å². The Kier molecular flexibility index (Phi) is 6.56. The number of ether oxygens (including phenoxy) is 1. The van der Waals surface area contributed by atoms with Crippen molar-refractivity contribution in [2.45, 2.75) is 19.4 Å². The fourth-order valence-corrected chi connectivity index (χ4v) is 5.52. The molecule has 2 aromatic carbocycles. The zero-order chi connectivity index (χ0) is 27.1.